The summed E-state index contributed by atoms with van der Waals surface area (Å²) in [6.07, 6.45) is 4.48. The van der Waals surface area contributed by atoms with Crippen LogP contribution in [-0.2, 0) is 0 Å². The maximum atomic E-state index is 12.9. The number of rotatable bonds is 4. The summed E-state index contributed by atoms with van der Waals surface area (Å²) >= 11 is 6.15. The highest BCUT2D eigenvalue weighted by atomic mass is 35.5. The standard InChI is InChI=1S/C17H24ClN3O2/c1-12(22)9-14-5-4-8-21(14)17(23)13-10-15(18)19-16(11-13)20-6-2-3-7-20/h10-12,14,22H,2-9H2,1H3. The summed E-state index contributed by atoms with van der Waals surface area (Å²) in [7, 11) is 0. The van der Waals surface area contributed by atoms with Crippen LogP contribution in [0.4, 0.5) is 5.82 Å². The molecule has 2 unspecified atom stereocenters. The van der Waals surface area contributed by atoms with Crippen molar-refractivity contribution in [3.8, 4) is 0 Å². The number of hydrogen-bond acceptors (Lipinski definition) is 4. The molecule has 0 aliphatic carbocycles. The Hall–Kier alpha value is -1.33. The third-order valence-corrected chi connectivity index (χ3v) is 4.90. The van der Waals surface area contributed by atoms with E-state index in [1.807, 2.05) is 11.0 Å². The lowest BCUT2D eigenvalue weighted by atomic mass is 10.1. The van der Waals surface area contributed by atoms with E-state index in [2.05, 4.69) is 9.88 Å². The first-order valence-corrected chi connectivity index (χ1v) is 8.84. The predicted octanol–water partition coefficient (Wildman–Crippen LogP) is 2.71. The van der Waals surface area contributed by atoms with E-state index >= 15 is 0 Å². The Bertz CT molecular complexity index is 573. The van der Waals surface area contributed by atoms with Crippen LogP contribution in [0.5, 0.6) is 0 Å². The van der Waals surface area contributed by atoms with Crippen LogP contribution in [0.1, 0.15) is 49.4 Å². The average molecular weight is 338 g/mol. The lowest BCUT2D eigenvalue weighted by molar-refractivity contribution is 0.0682. The monoisotopic (exact) mass is 337 g/mol. The Labute approximate surface area is 142 Å². The van der Waals surface area contributed by atoms with Crippen molar-refractivity contribution in [2.45, 2.75) is 51.2 Å². The normalized spacial score (nSPS) is 22.7. The highest BCUT2D eigenvalue weighted by Crippen LogP contribution is 2.27. The number of amides is 1. The van der Waals surface area contributed by atoms with Gasteiger partial charge in [-0.1, -0.05) is 11.6 Å². The zero-order valence-corrected chi connectivity index (χ0v) is 14.3. The van der Waals surface area contributed by atoms with E-state index in [1.54, 1.807) is 13.0 Å². The van der Waals surface area contributed by atoms with Crippen molar-refractivity contribution in [3.63, 3.8) is 0 Å². The van der Waals surface area contributed by atoms with Crippen LogP contribution in [0.3, 0.4) is 0 Å². The molecule has 1 aromatic rings. The largest absolute Gasteiger partial charge is 0.393 e. The lowest BCUT2D eigenvalue weighted by Gasteiger charge is -2.26. The third kappa shape index (κ3) is 3.78. The molecule has 1 amide bonds. The van der Waals surface area contributed by atoms with E-state index in [9.17, 15) is 9.90 Å². The van der Waals surface area contributed by atoms with Gasteiger partial charge in [-0.3, -0.25) is 4.79 Å². The highest BCUT2D eigenvalue weighted by molar-refractivity contribution is 6.29. The Kier molecular flexibility index (Phi) is 5.07. The Morgan fingerprint density at radius 1 is 1.35 bits per heavy atom. The molecule has 0 saturated carbocycles. The number of aromatic nitrogens is 1. The van der Waals surface area contributed by atoms with Crippen molar-refractivity contribution in [3.05, 3.63) is 22.8 Å². The van der Waals surface area contributed by atoms with E-state index in [0.717, 1.165) is 51.1 Å². The third-order valence-electron chi connectivity index (χ3n) is 4.71. The van der Waals surface area contributed by atoms with Gasteiger partial charge in [0.1, 0.15) is 11.0 Å². The number of nitrogens with zero attached hydrogens (tertiary/aromatic N) is 3. The second-order valence-electron chi connectivity index (χ2n) is 6.61. The van der Waals surface area contributed by atoms with Gasteiger partial charge in [-0.25, -0.2) is 4.98 Å². The second-order valence-corrected chi connectivity index (χ2v) is 7.00. The van der Waals surface area contributed by atoms with Gasteiger partial charge < -0.3 is 14.9 Å². The molecule has 5 nitrogen and oxygen atoms in total. The topological polar surface area (TPSA) is 56.7 Å². The molecule has 1 aromatic heterocycles. The Morgan fingerprint density at radius 3 is 2.78 bits per heavy atom. The summed E-state index contributed by atoms with van der Waals surface area (Å²) in [5.41, 5.74) is 0.601. The average Bonchev–Trinajstić information content (AvgIpc) is 3.16. The van der Waals surface area contributed by atoms with E-state index in [-0.39, 0.29) is 11.9 Å². The first kappa shape index (κ1) is 16.5. The van der Waals surface area contributed by atoms with Crippen molar-refractivity contribution in [1.82, 2.24) is 9.88 Å². The molecule has 2 aliphatic heterocycles. The molecule has 6 heteroatoms. The zero-order valence-electron chi connectivity index (χ0n) is 13.5. The van der Waals surface area contributed by atoms with Gasteiger partial charge in [-0.05, 0) is 51.2 Å². The molecular formula is C17H24ClN3O2. The summed E-state index contributed by atoms with van der Waals surface area (Å²) in [5.74, 6) is 0.794. The van der Waals surface area contributed by atoms with Gasteiger partial charge in [-0.2, -0.15) is 0 Å². The number of carbonyl (C=O) groups excluding carboxylic acids is 1. The van der Waals surface area contributed by atoms with Gasteiger partial charge in [0.05, 0.1) is 6.10 Å². The number of aliphatic hydroxyl groups excluding tert-OH is 1. The number of halogens is 1. The van der Waals surface area contributed by atoms with Crippen LogP contribution < -0.4 is 4.90 Å². The number of hydrogen-bond donors (Lipinski definition) is 1. The SMILES string of the molecule is CC(O)CC1CCCN1C(=O)c1cc(Cl)nc(N2CCCC2)c1. The molecule has 0 spiro atoms. The number of anilines is 1. The molecule has 2 aliphatic rings. The molecule has 3 rings (SSSR count). The van der Waals surface area contributed by atoms with Gasteiger partial charge in [-0.15, -0.1) is 0 Å². The molecule has 1 N–H and O–H groups in total. The van der Waals surface area contributed by atoms with Crippen LogP contribution in [0.2, 0.25) is 5.15 Å². The van der Waals surface area contributed by atoms with Crippen LogP contribution in [-0.4, -0.2) is 52.7 Å². The van der Waals surface area contributed by atoms with E-state index in [4.69, 9.17) is 11.6 Å². The fraction of sp³-hybridized carbons (Fsp3) is 0.647. The molecule has 2 saturated heterocycles. The summed E-state index contributed by atoms with van der Waals surface area (Å²) in [6, 6.07) is 3.63. The first-order valence-electron chi connectivity index (χ1n) is 8.46. The van der Waals surface area contributed by atoms with Crippen LogP contribution >= 0.6 is 11.6 Å². The van der Waals surface area contributed by atoms with Crippen LogP contribution in [0.15, 0.2) is 12.1 Å². The van der Waals surface area contributed by atoms with Gasteiger partial charge in [0, 0.05) is 31.2 Å². The molecular weight excluding hydrogens is 314 g/mol. The second kappa shape index (κ2) is 7.05. The fourth-order valence-corrected chi connectivity index (χ4v) is 3.83. The summed E-state index contributed by atoms with van der Waals surface area (Å²) < 4.78 is 0. The molecule has 126 valence electrons. The van der Waals surface area contributed by atoms with E-state index in [1.165, 1.54) is 0 Å². The number of likely N-dealkylation sites (tertiary alicyclic amines) is 1. The fourth-order valence-electron chi connectivity index (χ4n) is 3.62. The number of aliphatic hydroxyl groups is 1. The first-order chi connectivity index (χ1) is 11.0. The van der Waals surface area contributed by atoms with Crippen molar-refractivity contribution < 1.29 is 9.90 Å². The Balaban J connectivity index is 1.81. The van der Waals surface area contributed by atoms with E-state index < -0.39 is 6.10 Å². The summed E-state index contributed by atoms with van der Waals surface area (Å²) in [6.45, 7) is 4.45. The van der Waals surface area contributed by atoms with Gasteiger partial charge in [0.15, 0.2) is 0 Å². The van der Waals surface area contributed by atoms with Crippen LogP contribution in [0.25, 0.3) is 0 Å². The molecule has 2 atom stereocenters. The quantitative estimate of drug-likeness (QED) is 0.858. The van der Waals surface area contributed by atoms with Crippen molar-refractivity contribution >= 4 is 23.3 Å². The summed E-state index contributed by atoms with van der Waals surface area (Å²) in [4.78, 5) is 21.3. The summed E-state index contributed by atoms with van der Waals surface area (Å²) in [5, 5.41) is 10.0. The molecule has 23 heavy (non-hydrogen) atoms. The van der Waals surface area contributed by atoms with Gasteiger partial charge in [0.25, 0.3) is 5.91 Å². The van der Waals surface area contributed by atoms with Crippen molar-refractivity contribution in [2.75, 3.05) is 24.5 Å². The zero-order chi connectivity index (χ0) is 16.4. The smallest absolute Gasteiger partial charge is 0.254 e. The minimum Gasteiger partial charge on any atom is -0.393 e. The maximum Gasteiger partial charge on any atom is 0.254 e. The van der Waals surface area contributed by atoms with Crippen molar-refractivity contribution in [1.29, 1.82) is 0 Å². The minimum atomic E-state index is -0.394. The highest BCUT2D eigenvalue weighted by Gasteiger charge is 2.30. The molecule has 3 heterocycles. The van der Waals surface area contributed by atoms with Gasteiger partial charge in [0.2, 0.25) is 0 Å². The molecule has 2 fully saturated rings. The van der Waals surface area contributed by atoms with Crippen LogP contribution in [0, 0.1) is 0 Å². The minimum absolute atomic E-state index is 0.00195. The maximum absolute atomic E-state index is 12.9. The van der Waals surface area contributed by atoms with Gasteiger partial charge >= 0.3 is 0 Å². The van der Waals surface area contributed by atoms with Crippen molar-refractivity contribution in [2.24, 2.45) is 0 Å². The number of pyridine rings is 1. The Morgan fingerprint density at radius 2 is 2.09 bits per heavy atom. The lowest BCUT2D eigenvalue weighted by Crippen LogP contribution is -2.37. The molecule has 0 aromatic carbocycles. The number of carbonyl (C=O) groups is 1. The molecule has 0 radical (unpaired) electrons. The molecule has 0 bridgehead atoms. The predicted molar refractivity (Wildman–Crippen MR) is 91.1 cm³/mol. The van der Waals surface area contributed by atoms with E-state index in [0.29, 0.717) is 17.1 Å².